The van der Waals surface area contributed by atoms with Gasteiger partial charge in [0.25, 0.3) is 0 Å². The van der Waals surface area contributed by atoms with Crippen LogP contribution in [0.4, 0.5) is 0 Å². The standard InChI is InChI=1S/C8H18O.C2H6O/c1-3-5-7-8(9)6-4-2;1-2-3/h8-9H,3-7H2,1-2H3;3H,2H2,1H3. The van der Waals surface area contributed by atoms with Gasteiger partial charge in [-0.25, -0.2) is 0 Å². The number of rotatable bonds is 5. The van der Waals surface area contributed by atoms with Gasteiger partial charge in [0.1, 0.15) is 0 Å². The van der Waals surface area contributed by atoms with Gasteiger partial charge >= 0.3 is 0 Å². The average Bonchev–Trinajstić information content (AvgIpc) is 2.03. The molecule has 0 aliphatic carbocycles. The highest BCUT2D eigenvalue weighted by molar-refractivity contribution is 4.52. The van der Waals surface area contributed by atoms with Crippen LogP contribution < -0.4 is 0 Å². The maximum atomic E-state index is 9.18. The molecule has 2 heteroatoms. The Labute approximate surface area is 76.6 Å². The molecule has 0 amide bonds. The topological polar surface area (TPSA) is 40.5 Å². The van der Waals surface area contributed by atoms with E-state index in [9.17, 15) is 5.11 Å². The van der Waals surface area contributed by atoms with E-state index in [-0.39, 0.29) is 12.7 Å². The predicted molar refractivity (Wildman–Crippen MR) is 53.2 cm³/mol. The number of unbranched alkanes of at least 4 members (excludes halogenated alkanes) is 1. The summed E-state index contributed by atoms with van der Waals surface area (Å²) < 4.78 is 0. The van der Waals surface area contributed by atoms with Crippen molar-refractivity contribution in [1.29, 1.82) is 0 Å². The lowest BCUT2D eigenvalue weighted by Gasteiger charge is -2.06. The van der Waals surface area contributed by atoms with E-state index >= 15 is 0 Å². The first-order chi connectivity index (χ1) is 5.72. The minimum atomic E-state index is -0.0325. The lowest BCUT2D eigenvalue weighted by atomic mass is 10.1. The summed E-state index contributed by atoms with van der Waals surface area (Å²) in [5, 5.41) is 16.7. The molecule has 0 saturated carbocycles. The monoisotopic (exact) mass is 176 g/mol. The van der Waals surface area contributed by atoms with Crippen LogP contribution in [-0.4, -0.2) is 22.9 Å². The molecule has 0 fully saturated rings. The summed E-state index contributed by atoms with van der Waals surface area (Å²) in [5.41, 5.74) is 0. The molecule has 0 aromatic carbocycles. The van der Waals surface area contributed by atoms with Gasteiger partial charge in [-0.3, -0.25) is 0 Å². The molecule has 76 valence electrons. The largest absolute Gasteiger partial charge is 0.397 e. The fourth-order valence-electron chi connectivity index (χ4n) is 0.917. The Kier molecular flexibility index (Phi) is 16.3. The third-order valence-electron chi connectivity index (χ3n) is 1.51. The van der Waals surface area contributed by atoms with Gasteiger partial charge in [0.2, 0.25) is 0 Å². The number of aliphatic hydroxyl groups is 2. The summed E-state index contributed by atoms with van der Waals surface area (Å²) in [6.45, 7) is 6.19. The average molecular weight is 176 g/mol. The van der Waals surface area contributed by atoms with Gasteiger partial charge in [-0.1, -0.05) is 33.1 Å². The van der Waals surface area contributed by atoms with Crippen molar-refractivity contribution in [2.24, 2.45) is 0 Å². The Bertz CT molecular complexity index is 64.9. The molecule has 0 bridgehead atoms. The molecular formula is C10H24O2. The van der Waals surface area contributed by atoms with Crippen LogP contribution in [0.25, 0.3) is 0 Å². The molecule has 0 saturated heterocycles. The van der Waals surface area contributed by atoms with Crippen LogP contribution in [0.5, 0.6) is 0 Å². The van der Waals surface area contributed by atoms with Gasteiger partial charge in [-0.05, 0) is 19.8 Å². The van der Waals surface area contributed by atoms with Crippen LogP contribution >= 0.6 is 0 Å². The molecule has 0 heterocycles. The molecule has 0 aliphatic heterocycles. The minimum Gasteiger partial charge on any atom is -0.397 e. The van der Waals surface area contributed by atoms with Crippen molar-refractivity contribution < 1.29 is 10.2 Å². The first-order valence-corrected chi connectivity index (χ1v) is 5.01. The molecule has 0 aromatic heterocycles. The van der Waals surface area contributed by atoms with Gasteiger partial charge in [0.15, 0.2) is 0 Å². The summed E-state index contributed by atoms with van der Waals surface area (Å²) in [5.74, 6) is 0. The van der Waals surface area contributed by atoms with E-state index in [4.69, 9.17) is 5.11 Å². The molecule has 0 radical (unpaired) electrons. The van der Waals surface area contributed by atoms with Crippen LogP contribution in [-0.2, 0) is 0 Å². The van der Waals surface area contributed by atoms with E-state index < -0.39 is 0 Å². The highest BCUT2D eigenvalue weighted by Crippen LogP contribution is 2.05. The minimum absolute atomic E-state index is 0.0325. The normalized spacial score (nSPS) is 11.8. The van der Waals surface area contributed by atoms with Crippen molar-refractivity contribution >= 4 is 0 Å². The first kappa shape index (κ1) is 14.4. The maximum Gasteiger partial charge on any atom is 0.0540 e. The molecule has 12 heavy (non-hydrogen) atoms. The SMILES string of the molecule is CCCCC(O)CCC.CCO. The predicted octanol–water partition coefficient (Wildman–Crippen LogP) is 2.34. The Morgan fingerprint density at radius 1 is 1.00 bits per heavy atom. The smallest absolute Gasteiger partial charge is 0.0540 e. The Morgan fingerprint density at radius 3 is 1.83 bits per heavy atom. The second kappa shape index (κ2) is 13.5. The van der Waals surface area contributed by atoms with E-state index in [1.54, 1.807) is 6.92 Å². The molecule has 1 atom stereocenters. The highest BCUT2D eigenvalue weighted by Gasteiger charge is 1.99. The molecule has 2 nitrogen and oxygen atoms in total. The van der Waals surface area contributed by atoms with Crippen molar-refractivity contribution in [1.82, 2.24) is 0 Å². The number of hydrogen-bond acceptors (Lipinski definition) is 2. The number of aliphatic hydroxyl groups excluding tert-OH is 2. The first-order valence-electron chi connectivity index (χ1n) is 5.01. The van der Waals surface area contributed by atoms with Crippen molar-refractivity contribution in [3.63, 3.8) is 0 Å². The summed E-state index contributed by atoms with van der Waals surface area (Å²) in [4.78, 5) is 0. The van der Waals surface area contributed by atoms with Crippen LogP contribution in [0.1, 0.15) is 52.9 Å². The zero-order chi connectivity index (χ0) is 9.82. The van der Waals surface area contributed by atoms with E-state index in [1.165, 1.54) is 12.8 Å². The molecule has 0 aromatic rings. The lowest BCUT2D eigenvalue weighted by Crippen LogP contribution is -2.04. The van der Waals surface area contributed by atoms with Crippen LogP contribution in [0.15, 0.2) is 0 Å². The maximum absolute atomic E-state index is 9.18. The van der Waals surface area contributed by atoms with Gasteiger partial charge in [0.05, 0.1) is 6.10 Å². The third kappa shape index (κ3) is 16.5. The third-order valence-corrected chi connectivity index (χ3v) is 1.51. The van der Waals surface area contributed by atoms with Crippen molar-refractivity contribution in [3.05, 3.63) is 0 Å². The highest BCUT2D eigenvalue weighted by atomic mass is 16.3. The Hall–Kier alpha value is -0.0800. The zero-order valence-electron chi connectivity index (χ0n) is 8.71. The Morgan fingerprint density at radius 2 is 1.50 bits per heavy atom. The molecule has 1 unspecified atom stereocenters. The van der Waals surface area contributed by atoms with E-state index in [2.05, 4.69) is 13.8 Å². The van der Waals surface area contributed by atoms with Crippen LogP contribution in [0.2, 0.25) is 0 Å². The fourth-order valence-corrected chi connectivity index (χ4v) is 0.917. The molecular weight excluding hydrogens is 152 g/mol. The van der Waals surface area contributed by atoms with Crippen molar-refractivity contribution in [2.45, 2.75) is 59.0 Å². The molecule has 0 rings (SSSR count). The Balaban J connectivity index is 0. The second-order valence-electron chi connectivity index (χ2n) is 2.90. The van der Waals surface area contributed by atoms with Gasteiger partial charge < -0.3 is 10.2 Å². The van der Waals surface area contributed by atoms with E-state index in [0.717, 1.165) is 19.3 Å². The fraction of sp³-hybridized carbons (Fsp3) is 1.00. The summed E-state index contributed by atoms with van der Waals surface area (Å²) in [6.07, 6.45) is 5.40. The van der Waals surface area contributed by atoms with E-state index in [1.807, 2.05) is 0 Å². The second-order valence-corrected chi connectivity index (χ2v) is 2.90. The quantitative estimate of drug-likeness (QED) is 0.675. The number of hydrogen-bond donors (Lipinski definition) is 2. The summed E-state index contributed by atoms with van der Waals surface area (Å²) in [7, 11) is 0. The van der Waals surface area contributed by atoms with E-state index in [0.29, 0.717) is 0 Å². The van der Waals surface area contributed by atoms with Crippen molar-refractivity contribution in [2.75, 3.05) is 6.61 Å². The van der Waals surface area contributed by atoms with Crippen molar-refractivity contribution in [3.8, 4) is 0 Å². The molecule has 0 spiro atoms. The summed E-state index contributed by atoms with van der Waals surface area (Å²) >= 11 is 0. The summed E-state index contributed by atoms with van der Waals surface area (Å²) in [6, 6.07) is 0. The van der Waals surface area contributed by atoms with Crippen LogP contribution in [0.3, 0.4) is 0 Å². The molecule has 0 aliphatic rings. The van der Waals surface area contributed by atoms with Crippen LogP contribution in [0, 0.1) is 0 Å². The van der Waals surface area contributed by atoms with Gasteiger partial charge in [-0.2, -0.15) is 0 Å². The van der Waals surface area contributed by atoms with Gasteiger partial charge in [0, 0.05) is 6.61 Å². The molecule has 2 N–H and O–H groups in total. The lowest BCUT2D eigenvalue weighted by molar-refractivity contribution is 0.150. The van der Waals surface area contributed by atoms with Gasteiger partial charge in [-0.15, -0.1) is 0 Å². The zero-order valence-corrected chi connectivity index (χ0v) is 8.71.